The standard InChI is InChI=1S/C16H20N2O2/c1-17-14(13-8-9-18-11-16(13)20-3)10-12-6-4-5-7-15(12)19-2/h4-9,11,14,17H,10H2,1-3H3. The van der Waals surface area contributed by atoms with Gasteiger partial charge in [0.25, 0.3) is 0 Å². The van der Waals surface area contributed by atoms with Gasteiger partial charge in [0, 0.05) is 17.8 Å². The first kappa shape index (κ1) is 14.3. The van der Waals surface area contributed by atoms with Gasteiger partial charge in [-0.2, -0.15) is 0 Å². The van der Waals surface area contributed by atoms with Gasteiger partial charge >= 0.3 is 0 Å². The summed E-state index contributed by atoms with van der Waals surface area (Å²) in [5, 5.41) is 3.33. The molecule has 0 aliphatic heterocycles. The lowest BCUT2D eigenvalue weighted by Gasteiger charge is -2.20. The molecule has 1 N–H and O–H groups in total. The van der Waals surface area contributed by atoms with E-state index in [1.807, 2.05) is 31.3 Å². The molecule has 0 amide bonds. The number of hydrogen-bond acceptors (Lipinski definition) is 4. The van der Waals surface area contributed by atoms with Gasteiger partial charge in [0.05, 0.1) is 20.4 Å². The lowest BCUT2D eigenvalue weighted by atomic mass is 9.98. The van der Waals surface area contributed by atoms with Crippen LogP contribution < -0.4 is 14.8 Å². The number of aromatic nitrogens is 1. The number of benzene rings is 1. The number of likely N-dealkylation sites (N-methyl/N-ethyl adjacent to an activating group) is 1. The van der Waals surface area contributed by atoms with Gasteiger partial charge in [0.1, 0.15) is 11.5 Å². The van der Waals surface area contributed by atoms with Crippen LogP contribution in [0.1, 0.15) is 17.2 Å². The summed E-state index contributed by atoms with van der Waals surface area (Å²) in [5.41, 5.74) is 2.25. The van der Waals surface area contributed by atoms with Gasteiger partial charge < -0.3 is 14.8 Å². The Hall–Kier alpha value is -2.07. The molecule has 0 aliphatic rings. The number of rotatable bonds is 6. The second-order valence-electron chi connectivity index (χ2n) is 4.47. The van der Waals surface area contributed by atoms with E-state index in [9.17, 15) is 0 Å². The van der Waals surface area contributed by atoms with Crippen LogP contribution in [0, 0.1) is 0 Å². The molecule has 0 fully saturated rings. The van der Waals surface area contributed by atoms with Crippen LogP contribution in [0.5, 0.6) is 11.5 Å². The lowest BCUT2D eigenvalue weighted by molar-refractivity contribution is 0.394. The number of nitrogens with one attached hydrogen (secondary N) is 1. The maximum absolute atomic E-state index is 5.41. The molecule has 1 atom stereocenters. The number of para-hydroxylation sites is 1. The molecule has 20 heavy (non-hydrogen) atoms. The van der Waals surface area contributed by atoms with E-state index >= 15 is 0 Å². The summed E-state index contributed by atoms with van der Waals surface area (Å²) >= 11 is 0. The fraction of sp³-hybridized carbons (Fsp3) is 0.312. The molecule has 2 rings (SSSR count). The van der Waals surface area contributed by atoms with Crippen LogP contribution in [0.15, 0.2) is 42.7 Å². The van der Waals surface area contributed by atoms with Crippen molar-refractivity contribution in [3.8, 4) is 11.5 Å². The number of pyridine rings is 1. The molecule has 0 aliphatic carbocycles. The molecular formula is C16H20N2O2. The van der Waals surface area contributed by atoms with E-state index in [4.69, 9.17) is 9.47 Å². The molecule has 0 saturated heterocycles. The molecule has 1 heterocycles. The molecule has 0 bridgehead atoms. The van der Waals surface area contributed by atoms with Gasteiger partial charge in [0.2, 0.25) is 0 Å². The Kier molecular flexibility index (Phi) is 4.96. The number of hydrogen-bond donors (Lipinski definition) is 1. The van der Waals surface area contributed by atoms with Gasteiger partial charge in [-0.25, -0.2) is 0 Å². The van der Waals surface area contributed by atoms with Crippen molar-refractivity contribution in [1.82, 2.24) is 10.3 Å². The van der Waals surface area contributed by atoms with Crippen molar-refractivity contribution in [2.75, 3.05) is 21.3 Å². The van der Waals surface area contributed by atoms with Crippen molar-refractivity contribution in [2.24, 2.45) is 0 Å². The van der Waals surface area contributed by atoms with Crippen LogP contribution in [0.4, 0.5) is 0 Å². The highest BCUT2D eigenvalue weighted by Gasteiger charge is 2.16. The zero-order chi connectivity index (χ0) is 14.4. The van der Waals surface area contributed by atoms with Crippen molar-refractivity contribution < 1.29 is 9.47 Å². The van der Waals surface area contributed by atoms with Gasteiger partial charge in [-0.3, -0.25) is 4.98 Å². The highest BCUT2D eigenvalue weighted by atomic mass is 16.5. The average Bonchev–Trinajstić information content (AvgIpc) is 2.53. The van der Waals surface area contributed by atoms with Gasteiger partial charge in [-0.1, -0.05) is 18.2 Å². The molecular weight excluding hydrogens is 252 g/mol. The second-order valence-corrected chi connectivity index (χ2v) is 4.47. The first-order chi connectivity index (χ1) is 9.80. The third-order valence-electron chi connectivity index (χ3n) is 3.38. The van der Waals surface area contributed by atoms with Crippen molar-refractivity contribution in [3.05, 3.63) is 53.9 Å². The minimum absolute atomic E-state index is 0.143. The van der Waals surface area contributed by atoms with Crippen molar-refractivity contribution in [1.29, 1.82) is 0 Å². The van der Waals surface area contributed by atoms with Crippen molar-refractivity contribution >= 4 is 0 Å². The summed E-state index contributed by atoms with van der Waals surface area (Å²) in [7, 11) is 5.30. The first-order valence-corrected chi connectivity index (χ1v) is 6.57. The monoisotopic (exact) mass is 272 g/mol. The Morgan fingerprint density at radius 2 is 1.85 bits per heavy atom. The Labute approximate surface area is 119 Å². The van der Waals surface area contributed by atoms with E-state index in [2.05, 4.69) is 16.4 Å². The fourth-order valence-corrected chi connectivity index (χ4v) is 2.31. The predicted molar refractivity (Wildman–Crippen MR) is 79.3 cm³/mol. The summed E-state index contributed by atoms with van der Waals surface area (Å²) in [6, 6.07) is 10.2. The molecule has 0 radical (unpaired) electrons. The van der Waals surface area contributed by atoms with Gasteiger partial charge in [-0.05, 0) is 31.2 Å². The minimum Gasteiger partial charge on any atom is -0.496 e. The van der Waals surface area contributed by atoms with Crippen LogP contribution in [-0.4, -0.2) is 26.3 Å². The van der Waals surface area contributed by atoms with Gasteiger partial charge in [-0.15, -0.1) is 0 Å². The van der Waals surface area contributed by atoms with E-state index in [1.54, 1.807) is 26.6 Å². The van der Waals surface area contributed by atoms with Gasteiger partial charge in [0.15, 0.2) is 0 Å². The third kappa shape index (κ3) is 3.08. The summed E-state index contributed by atoms with van der Waals surface area (Å²) in [5.74, 6) is 1.70. The zero-order valence-electron chi connectivity index (χ0n) is 12.1. The van der Waals surface area contributed by atoms with E-state index in [0.717, 1.165) is 29.0 Å². The summed E-state index contributed by atoms with van der Waals surface area (Å²) in [6.45, 7) is 0. The normalized spacial score (nSPS) is 11.9. The largest absolute Gasteiger partial charge is 0.496 e. The molecule has 0 saturated carbocycles. The molecule has 1 aromatic carbocycles. The number of nitrogens with zero attached hydrogens (tertiary/aromatic N) is 1. The van der Waals surface area contributed by atoms with E-state index < -0.39 is 0 Å². The Bertz CT molecular complexity index is 558. The van der Waals surface area contributed by atoms with Crippen molar-refractivity contribution in [3.63, 3.8) is 0 Å². The summed E-state index contributed by atoms with van der Waals surface area (Å²) in [6.07, 6.45) is 4.34. The molecule has 2 aromatic rings. The van der Waals surface area contributed by atoms with E-state index in [0.29, 0.717) is 0 Å². The summed E-state index contributed by atoms with van der Waals surface area (Å²) in [4.78, 5) is 4.10. The Morgan fingerprint density at radius 1 is 1.10 bits per heavy atom. The maximum atomic E-state index is 5.41. The van der Waals surface area contributed by atoms with Crippen LogP contribution >= 0.6 is 0 Å². The molecule has 0 spiro atoms. The SMILES string of the molecule is CNC(Cc1ccccc1OC)c1ccncc1OC. The third-order valence-corrected chi connectivity index (χ3v) is 3.38. The number of methoxy groups -OCH3 is 2. The lowest BCUT2D eigenvalue weighted by Crippen LogP contribution is -2.20. The second kappa shape index (κ2) is 6.91. The zero-order valence-corrected chi connectivity index (χ0v) is 12.1. The maximum Gasteiger partial charge on any atom is 0.141 e. The van der Waals surface area contributed by atoms with Crippen LogP contribution in [-0.2, 0) is 6.42 Å². The Morgan fingerprint density at radius 3 is 2.55 bits per heavy atom. The first-order valence-electron chi connectivity index (χ1n) is 6.57. The molecule has 1 aromatic heterocycles. The highest BCUT2D eigenvalue weighted by Crippen LogP contribution is 2.29. The van der Waals surface area contributed by atoms with Crippen LogP contribution in [0.25, 0.3) is 0 Å². The quantitative estimate of drug-likeness (QED) is 0.878. The molecule has 4 nitrogen and oxygen atoms in total. The van der Waals surface area contributed by atoms with Crippen molar-refractivity contribution in [2.45, 2.75) is 12.5 Å². The predicted octanol–water partition coefficient (Wildman–Crippen LogP) is 2.60. The minimum atomic E-state index is 0.143. The smallest absolute Gasteiger partial charge is 0.141 e. The average molecular weight is 272 g/mol. The fourth-order valence-electron chi connectivity index (χ4n) is 2.31. The highest BCUT2D eigenvalue weighted by molar-refractivity contribution is 5.38. The topological polar surface area (TPSA) is 43.4 Å². The number of ether oxygens (including phenoxy) is 2. The van der Waals surface area contributed by atoms with E-state index in [-0.39, 0.29) is 6.04 Å². The van der Waals surface area contributed by atoms with Crippen LogP contribution in [0.3, 0.4) is 0 Å². The van der Waals surface area contributed by atoms with Crippen LogP contribution in [0.2, 0.25) is 0 Å². The Balaban J connectivity index is 2.29. The molecule has 1 unspecified atom stereocenters. The molecule has 106 valence electrons. The molecule has 4 heteroatoms. The van der Waals surface area contributed by atoms with E-state index in [1.165, 1.54) is 0 Å². The summed E-state index contributed by atoms with van der Waals surface area (Å²) < 4.78 is 10.8.